The van der Waals surface area contributed by atoms with Gasteiger partial charge in [-0.05, 0) is 13.3 Å². The number of aromatic amines is 1. The van der Waals surface area contributed by atoms with Crippen LogP contribution in [0.4, 0.5) is 5.13 Å². The largest absolute Gasteiger partial charge is 0.477 e. The maximum Gasteiger partial charge on any atom is 0.348 e. The molecule has 1 aliphatic rings. The van der Waals surface area contributed by atoms with E-state index in [-0.39, 0.29) is 40.5 Å². The molecule has 0 saturated carbocycles. The van der Waals surface area contributed by atoms with E-state index in [4.69, 9.17) is 37.4 Å². The van der Waals surface area contributed by atoms with Gasteiger partial charge in [-0.25, -0.2) is 9.78 Å². The van der Waals surface area contributed by atoms with Gasteiger partial charge in [0, 0.05) is 40.1 Å². The Hall–Kier alpha value is -2.42. The highest BCUT2D eigenvalue weighted by molar-refractivity contribution is 7.17. The first-order chi connectivity index (χ1) is 17.6. The van der Waals surface area contributed by atoms with Crippen LogP contribution in [0.15, 0.2) is 0 Å². The van der Waals surface area contributed by atoms with Crippen molar-refractivity contribution in [2.24, 2.45) is 0 Å². The zero-order chi connectivity index (χ0) is 27.3. The number of nitrogens with zero attached hydrogens (tertiary/aromatic N) is 2. The molecule has 0 aromatic carbocycles. The summed E-state index contributed by atoms with van der Waals surface area (Å²) in [4.78, 5) is 46.4. The number of H-pyrrole nitrogens is 1. The van der Waals surface area contributed by atoms with E-state index in [2.05, 4.69) is 20.6 Å². The predicted octanol–water partition coefficient (Wildman–Crippen LogP) is 2.20. The number of ether oxygens (including phenoxy) is 3. The molecule has 2 aromatic heterocycles. The molecule has 3 heterocycles. The van der Waals surface area contributed by atoms with Crippen LogP contribution in [0.3, 0.4) is 0 Å². The van der Waals surface area contributed by atoms with Crippen molar-refractivity contribution in [2.75, 3.05) is 52.5 Å². The van der Waals surface area contributed by atoms with Gasteiger partial charge in [0.25, 0.3) is 11.8 Å². The average molecular weight is 578 g/mol. The number of carbonyl (C=O) groups excluding carboxylic acids is 2. The first-order valence-electron chi connectivity index (χ1n) is 11.3. The van der Waals surface area contributed by atoms with Crippen LogP contribution in [0.25, 0.3) is 0 Å². The summed E-state index contributed by atoms with van der Waals surface area (Å²) < 4.78 is 15.8. The van der Waals surface area contributed by atoms with E-state index in [1.54, 1.807) is 6.92 Å². The van der Waals surface area contributed by atoms with E-state index in [1.165, 1.54) is 21.3 Å². The monoisotopic (exact) mass is 577 g/mol. The summed E-state index contributed by atoms with van der Waals surface area (Å²) in [6, 6.07) is -0.823. The van der Waals surface area contributed by atoms with Crippen molar-refractivity contribution in [1.29, 1.82) is 0 Å². The Bertz CT molecular complexity index is 1140. The third-order valence-corrected chi connectivity index (χ3v) is 7.88. The molecular weight excluding hydrogens is 549 g/mol. The normalized spacial score (nSPS) is 17.8. The maximum atomic E-state index is 12.9. The van der Waals surface area contributed by atoms with Crippen LogP contribution >= 0.6 is 34.5 Å². The zero-order valence-corrected chi connectivity index (χ0v) is 23.1. The number of aromatic nitrogens is 2. The SMILES string of the molecule is COCC(COC)NC(=O)c1nc(N2CC[C@@H](NC(=O)c3[nH]c(C)c(Cl)c3Cl)[C@@H](OC)C2)sc1C(=O)O. The number of carboxylic acid groups (broad SMARTS) is 1. The molecule has 0 spiro atoms. The fraction of sp³-hybridized carbons (Fsp3) is 0.545. The summed E-state index contributed by atoms with van der Waals surface area (Å²) in [5, 5.41) is 16.1. The summed E-state index contributed by atoms with van der Waals surface area (Å²) in [5.41, 5.74) is 0.564. The molecule has 2 atom stereocenters. The van der Waals surface area contributed by atoms with Gasteiger partial charge in [-0.1, -0.05) is 34.5 Å². The van der Waals surface area contributed by atoms with Crippen molar-refractivity contribution in [2.45, 2.75) is 31.5 Å². The number of carbonyl (C=O) groups is 3. The summed E-state index contributed by atoms with van der Waals surface area (Å²) in [6.45, 7) is 2.83. The van der Waals surface area contributed by atoms with Gasteiger partial charge in [0.15, 0.2) is 10.8 Å². The van der Waals surface area contributed by atoms with Crippen molar-refractivity contribution >= 4 is 57.5 Å². The van der Waals surface area contributed by atoms with Gasteiger partial charge in [-0.15, -0.1) is 0 Å². The van der Waals surface area contributed by atoms with Crippen LogP contribution in [0.1, 0.15) is 42.8 Å². The van der Waals surface area contributed by atoms with Crippen LogP contribution in [0, 0.1) is 6.92 Å². The number of amides is 2. The van der Waals surface area contributed by atoms with Crippen LogP contribution in [-0.2, 0) is 14.2 Å². The summed E-state index contributed by atoms with van der Waals surface area (Å²) in [7, 11) is 4.49. The predicted molar refractivity (Wildman–Crippen MR) is 139 cm³/mol. The van der Waals surface area contributed by atoms with Gasteiger partial charge < -0.3 is 39.8 Å². The Kier molecular flexibility index (Phi) is 10.2. The minimum atomic E-state index is -1.26. The second-order valence-electron chi connectivity index (χ2n) is 8.40. The molecule has 0 unspecified atom stereocenters. The van der Waals surface area contributed by atoms with Gasteiger partial charge in [-0.3, -0.25) is 9.59 Å². The van der Waals surface area contributed by atoms with Gasteiger partial charge >= 0.3 is 5.97 Å². The summed E-state index contributed by atoms with van der Waals surface area (Å²) in [6.07, 6.45) is 0.0352. The van der Waals surface area contributed by atoms with Crippen molar-refractivity contribution in [3.8, 4) is 0 Å². The molecule has 0 aliphatic carbocycles. The van der Waals surface area contributed by atoms with Gasteiger partial charge in [0.05, 0.1) is 41.4 Å². The molecule has 4 N–H and O–H groups in total. The van der Waals surface area contributed by atoms with Gasteiger partial charge in [0.1, 0.15) is 10.6 Å². The van der Waals surface area contributed by atoms with E-state index in [0.29, 0.717) is 35.4 Å². The van der Waals surface area contributed by atoms with E-state index in [0.717, 1.165) is 11.3 Å². The van der Waals surface area contributed by atoms with Gasteiger partial charge in [0.2, 0.25) is 0 Å². The van der Waals surface area contributed by atoms with Crippen molar-refractivity contribution in [1.82, 2.24) is 20.6 Å². The standard InChI is InChI=1S/C22H29Cl2N5O7S/c1-10-14(23)15(24)16(25-10)19(30)27-12-5-6-29(7-13(12)36-4)22-28-17(18(37-22)21(32)33)20(31)26-11(8-34-2)9-35-3/h11-13,25H,5-9H2,1-4H3,(H,26,31)(H,27,30)(H,32,33)/t12-,13+/m1/s1. The van der Waals surface area contributed by atoms with Crippen LogP contribution in [0.2, 0.25) is 10.0 Å². The second kappa shape index (κ2) is 12.9. The molecule has 1 saturated heterocycles. The lowest BCUT2D eigenvalue weighted by atomic mass is 10.0. The van der Waals surface area contributed by atoms with E-state index < -0.39 is 29.9 Å². The fourth-order valence-corrected chi connectivity index (χ4v) is 5.35. The molecule has 0 bridgehead atoms. The molecule has 3 rings (SSSR count). The number of hydrogen-bond donors (Lipinski definition) is 4. The number of halogens is 2. The Morgan fingerprint density at radius 3 is 2.41 bits per heavy atom. The zero-order valence-electron chi connectivity index (χ0n) is 20.7. The van der Waals surface area contributed by atoms with Crippen LogP contribution < -0.4 is 15.5 Å². The number of hydrogen-bond acceptors (Lipinski definition) is 9. The lowest BCUT2D eigenvalue weighted by Crippen LogP contribution is -2.55. The minimum absolute atomic E-state index is 0.149. The summed E-state index contributed by atoms with van der Waals surface area (Å²) >= 11 is 13.2. The van der Waals surface area contributed by atoms with Crippen molar-refractivity contribution in [3.63, 3.8) is 0 Å². The highest BCUT2D eigenvalue weighted by Gasteiger charge is 2.34. The Balaban J connectivity index is 1.74. The number of nitrogens with one attached hydrogen (secondary N) is 3. The molecule has 15 heteroatoms. The van der Waals surface area contributed by atoms with E-state index in [1.807, 2.05) is 4.90 Å². The van der Waals surface area contributed by atoms with Crippen molar-refractivity contribution < 1.29 is 33.7 Å². The first-order valence-corrected chi connectivity index (χ1v) is 12.8. The van der Waals surface area contributed by atoms with Crippen LogP contribution in [-0.4, -0.2) is 98.7 Å². The summed E-state index contributed by atoms with van der Waals surface area (Å²) in [5.74, 6) is -2.31. The third kappa shape index (κ3) is 6.72. The van der Waals surface area contributed by atoms with Crippen molar-refractivity contribution in [3.05, 3.63) is 32.0 Å². The molecule has 1 fully saturated rings. The van der Waals surface area contributed by atoms with E-state index in [9.17, 15) is 19.5 Å². The number of carboxylic acids is 1. The number of anilines is 1. The van der Waals surface area contributed by atoms with Gasteiger partial charge in [-0.2, -0.15) is 0 Å². The smallest absolute Gasteiger partial charge is 0.348 e. The maximum absolute atomic E-state index is 12.9. The number of rotatable bonds is 11. The third-order valence-electron chi connectivity index (χ3n) is 5.83. The lowest BCUT2D eigenvalue weighted by molar-refractivity contribution is 0.0540. The Morgan fingerprint density at radius 2 is 1.86 bits per heavy atom. The molecule has 0 radical (unpaired) electrons. The topological polar surface area (TPSA) is 155 Å². The fourth-order valence-electron chi connectivity index (χ4n) is 3.99. The average Bonchev–Trinajstić information content (AvgIpc) is 3.42. The number of aromatic carboxylic acids is 1. The number of aryl methyl sites for hydroxylation is 1. The number of piperidine rings is 1. The Morgan fingerprint density at radius 1 is 1.19 bits per heavy atom. The molecule has 2 amide bonds. The molecule has 1 aliphatic heterocycles. The molecule has 12 nitrogen and oxygen atoms in total. The molecule has 2 aromatic rings. The highest BCUT2D eigenvalue weighted by Crippen LogP contribution is 2.31. The minimum Gasteiger partial charge on any atom is -0.477 e. The Labute approximate surface area is 227 Å². The quantitative estimate of drug-likeness (QED) is 0.314. The molecular formula is C22H29Cl2N5O7S. The first kappa shape index (κ1) is 29.1. The molecule has 204 valence electrons. The van der Waals surface area contributed by atoms with E-state index >= 15 is 0 Å². The second-order valence-corrected chi connectivity index (χ2v) is 10.1. The lowest BCUT2D eigenvalue weighted by Gasteiger charge is -2.37. The number of methoxy groups -OCH3 is 3. The number of thiazole rings is 1. The molecule has 37 heavy (non-hydrogen) atoms. The van der Waals surface area contributed by atoms with Crippen LogP contribution in [0.5, 0.6) is 0 Å². The highest BCUT2D eigenvalue weighted by atomic mass is 35.5.